The first kappa shape index (κ1) is 11.1. The van der Waals surface area contributed by atoms with Crippen LogP contribution in [0.25, 0.3) is 0 Å². The lowest BCUT2D eigenvalue weighted by atomic mass is 10.1. The highest BCUT2D eigenvalue weighted by Gasteiger charge is 2.28. The van der Waals surface area contributed by atoms with E-state index in [-0.39, 0.29) is 5.91 Å². The molecule has 0 fully saturated rings. The first-order chi connectivity index (χ1) is 7.59. The highest BCUT2D eigenvalue weighted by atomic mass is 32.1. The zero-order valence-corrected chi connectivity index (χ0v) is 9.79. The number of carbonyl (C=O) groups is 2. The molecule has 86 valence electrons. The molecule has 4 nitrogen and oxygen atoms in total. The molecule has 1 amide bonds. The van der Waals surface area contributed by atoms with Crippen LogP contribution in [0, 0.1) is 5.92 Å². The summed E-state index contributed by atoms with van der Waals surface area (Å²) in [5.74, 6) is -2.28. The molecule has 2 rings (SSSR count). The van der Waals surface area contributed by atoms with E-state index in [9.17, 15) is 9.59 Å². The number of hydrogen-bond donors (Lipinski definition) is 1. The zero-order chi connectivity index (χ0) is 11.7. The molecule has 1 N–H and O–H groups in total. The topological polar surface area (TPSA) is 57.6 Å². The Labute approximate surface area is 97.5 Å². The number of fused-ring (bicyclic) bond motifs is 1. The monoisotopic (exact) mass is 239 g/mol. The molecule has 2 heterocycles. The molecular formula is C11H13NO3S. The van der Waals surface area contributed by atoms with Crippen LogP contribution >= 0.6 is 11.3 Å². The van der Waals surface area contributed by atoms with E-state index >= 15 is 0 Å². The highest BCUT2D eigenvalue weighted by Crippen LogP contribution is 2.24. The number of carboxylic acids is 1. The Morgan fingerprint density at radius 2 is 2.31 bits per heavy atom. The van der Waals surface area contributed by atoms with Gasteiger partial charge in [-0.25, -0.2) is 0 Å². The third-order valence-electron chi connectivity index (χ3n) is 2.88. The summed E-state index contributed by atoms with van der Waals surface area (Å²) in [6.07, 6.45) is 0.830. The number of amides is 1. The Morgan fingerprint density at radius 1 is 1.56 bits per heavy atom. The lowest BCUT2D eigenvalue weighted by molar-refractivity contribution is -0.150. The van der Waals surface area contributed by atoms with Gasteiger partial charge in [-0.3, -0.25) is 9.59 Å². The Balaban J connectivity index is 2.09. The summed E-state index contributed by atoms with van der Waals surface area (Å²) < 4.78 is 0. The maximum Gasteiger partial charge on any atom is 0.315 e. The molecule has 0 radical (unpaired) electrons. The van der Waals surface area contributed by atoms with Gasteiger partial charge in [-0.1, -0.05) is 0 Å². The van der Waals surface area contributed by atoms with Crippen molar-refractivity contribution in [1.29, 1.82) is 0 Å². The normalized spacial score (nSPS) is 16.7. The van der Waals surface area contributed by atoms with E-state index in [1.807, 2.05) is 5.38 Å². The Morgan fingerprint density at radius 3 is 3.00 bits per heavy atom. The minimum absolute atomic E-state index is 0.286. The van der Waals surface area contributed by atoms with Gasteiger partial charge in [0.2, 0.25) is 5.91 Å². The summed E-state index contributed by atoms with van der Waals surface area (Å²) in [6, 6.07) is 2.07. The van der Waals surface area contributed by atoms with Crippen LogP contribution < -0.4 is 0 Å². The van der Waals surface area contributed by atoms with Gasteiger partial charge >= 0.3 is 5.97 Å². The van der Waals surface area contributed by atoms with Crippen LogP contribution in [-0.4, -0.2) is 28.4 Å². The molecule has 0 bridgehead atoms. The first-order valence-electron chi connectivity index (χ1n) is 5.16. The second-order valence-electron chi connectivity index (χ2n) is 3.94. The minimum Gasteiger partial charge on any atom is -0.481 e. The molecule has 0 aromatic carbocycles. The average Bonchev–Trinajstić information content (AvgIpc) is 2.73. The maximum atomic E-state index is 11.8. The number of thiophene rings is 1. The van der Waals surface area contributed by atoms with Gasteiger partial charge in [0.05, 0.1) is 6.54 Å². The van der Waals surface area contributed by atoms with Crippen LogP contribution in [0.3, 0.4) is 0 Å². The fourth-order valence-corrected chi connectivity index (χ4v) is 2.75. The van der Waals surface area contributed by atoms with E-state index in [1.165, 1.54) is 17.4 Å². The van der Waals surface area contributed by atoms with Crippen molar-refractivity contribution in [3.63, 3.8) is 0 Å². The van der Waals surface area contributed by atoms with Gasteiger partial charge in [0.1, 0.15) is 5.92 Å². The van der Waals surface area contributed by atoms with Gasteiger partial charge in [-0.05, 0) is 30.4 Å². The summed E-state index contributed by atoms with van der Waals surface area (Å²) >= 11 is 1.63. The summed E-state index contributed by atoms with van der Waals surface area (Å²) in [5.41, 5.74) is 1.29. The number of carbonyl (C=O) groups excluding carboxylic acids is 1. The van der Waals surface area contributed by atoms with Crippen LogP contribution in [-0.2, 0) is 22.6 Å². The second kappa shape index (κ2) is 4.25. The Bertz CT molecular complexity index is 427. The molecule has 1 unspecified atom stereocenters. The van der Waals surface area contributed by atoms with Crippen molar-refractivity contribution in [2.45, 2.75) is 19.9 Å². The van der Waals surface area contributed by atoms with Crippen molar-refractivity contribution < 1.29 is 14.7 Å². The molecule has 0 saturated carbocycles. The highest BCUT2D eigenvalue weighted by molar-refractivity contribution is 7.10. The fourth-order valence-electron chi connectivity index (χ4n) is 1.80. The Hall–Kier alpha value is -1.36. The summed E-state index contributed by atoms with van der Waals surface area (Å²) in [5, 5.41) is 10.8. The van der Waals surface area contributed by atoms with E-state index in [4.69, 9.17) is 5.11 Å². The molecule has 5 heteroatoms. The van der Waals surface area contributed by atoms with E-state index < -0.39 is 11.9 Å². The lowest BCUT2D eigenvalue weighted by Gasteiger charge is -2.28. The van der Waals surface area contributed by atoms with Gasteiger partial charge in [-0.15, -0.1) is 11.3 Å². The third kappa shape index (κ3) is 1.95. The van der Waals surface area contributed by atoms with Crippen LogP contribution in [0.15, 0.2) is 11.4 Å². The van der Waals surface area contributed by atoms with Crippen molar-refractivity contribution >= 4 is 23.2 Å². The van der Waals surface area contributed by atoms with Gasteiger partial charge in [0.25, 0.3) is 0 Å². The first-order valence-corrected chi connectivity index (χ1v) is 6.04. The largest absolute Gasteiger partial charge is 0.481 e. The molecule has 1 aliphatic rings. The molecule has 1 aliphatic heterocycles. The zero-order valence-electron chi connectivity index (χ0n) is 8.97. The van der Waals surface area contributed by atoms with Crippen molar-refractivity contribution in [3.8, 4) is 0 Å². The third-order valence-corrected chi connectivity index (χ3v) is 3.82. The SMILES string of the molecule is CC(C(=O)O)C(=O)N1CCc2ccsc2C1. The smallest absolute Gasteiger partial charge is 0.315 e. The van der Waals surface area contributed by atoms with Crippen LogP contribution in [0.2, 0.25) is 0 Å². The number of nitrogens with zero attached hydrogens (tertiary/aromatic N) is 1. The van der Waals surface area contributed by atoms with Crippen LogP contribution in [0.4, 0.5) is 0 Å². The average molecular weight is 239 g/mol. The number of carboxylic acid groups (broad SMARTS) is 1. The number of aliphatic carboxylic acids is 1. The standard InChI is InChI=1S/C11H13NO3S/c1-7(11(14)15)10(13)12-4-2-8-3-5-16-9(8)6-12/h3,5,7H,2,4,6H2,1H3,(H,14,15). The van der Waals surface area contributed by atoms with E-state index in [0.29, 0.717) is 13.1 Å². The lowest BCUT2D eigenvalue weighted by Crippen LogP contribution is -2.40. The van der Waals surface area contributed by atoms with E-state index in [2.05, 4.69) is 6.07 Å². The molecule has 1 aromatic heterocycles. The van der Waals surface area contributed by atoms with Crippen molar-refractivity contribution in [1.82, 2.24) is 4.90 Å². The molecule has 0 saturated heterocycles. The van der Waals surface area contributed by atoms with Gasteiger partial charge in [0.15, 0.2) is 0 Å². The molecule has 16 heavy (non-hydrogen) atoms. The summed E-state index contributed by atoms with van der Waals surface area (Å²) in [7, 11) is 0. The predicted molar refractivity (Wildman–Crippen MR) is 60.2 cm³/mol. The predicted octanol–water partition coefficient (Wildman–Crippen LogP) is 1.35. The van der Waals surface area contributed by atoms with Crippen molar-refractivity contribution in [3.05, 3.63) is 21.9 Å². The van der Waals surface area contributed by atoms with Gasteiger partial charge in [-0.2, -0.15) is 0 Å². The fraction of sp³-hybridized carbons (Fsp3) is 0.455. The number of rotatable bonds is 2. The summed E-state index contributed by atoms with van der Waals surface area (Å²) in [4.78, 5) is 25.4. The molecule has 1 atom stereocenters. The number of hydrogen-bond acceptors (Lipinski definition) is 3. The van der Waals surface area contributed by atoms with Gasteiger partial charge < -0.3 is 10.0 Å². The molecular weight excluding hydrogens is 226 g/mol. The van der Waals surface area contributed by atoms with Crippen LogP contribution in [0.1, 0.15) is 17.4 Å². The summed E-state index contributed by atoms with van der Waals surface area (Å²) in [6.45, 7) is 2.62. The van der Waals surface area contributed by atoms with Gasteiger partial charge in [0, 0.05) is 11.4 Å². The maximum absolute atomic E-state index is 11.8. The Kier molecular flexibility index (Phi) is 2.96. The van der Waals surface area contributed by atoms with Crippen molar-refractivity contribution in [2.24, 2.45) is 5.92 Å². The van der Waals surface area contributed by atoms with E-state index in [0.717, 1.165) is 6.42 Å². The van der Waals surface area contributed by atoms with E-state index in [1.54, 1.807) is 16.2 Å². The molecule has 1 aromatic rings. The minimum atomic E-state index is -1.05. The molecule has 0 spiro atoms. The quantitative estimate of drug-likeness (QED) is 0.793. The molecule has 0 aliphatic carbocycles. The van der Waals surface area contributed by atoms with Crippen LogP contribution in [0.5, 0.6) is 0 Å². The van der Waals surface area contributed by atoms with Crippen molar-refractivity contribution in [2.75, 3.05) is 6.54 Å². The second-order valence-corrected chi connectivity index (χ2v) is 4.94.